The first-order valence-electron chi connectivity index (χ1n) is 7.28. The third-order valence-electron chi connectivity index (χ3n) is 2.96. The molecule has 0 aliphatic rings. The molecule has 0 spiro atoms. The molecule has 6 heteroatoms. The Morgan fingerprint density at radius 3 is 2.82 bits per heavy atom. The number of ether oxygens (including phenoxy) is 1. The molecule has 1 amide bonds. The first-order chi connectivity index (χ1) is 10.7. The number of aliphatic hydroxyl groups excluding tert-OH is 1. The lowest BCUT2D eigenvalue weighted by atomic mass is 10.2. The zero-order valence-electron chi connectivity index (χ0n) is 12.5. The Morgan fingerprint density at radius 2 is 2.14 bits per heavy atom. The Bertz CT molecular complexity index is 596. The van der Waals surface area contributed by atoms with Gasteiger partial charge in [-0.25, -0.2) is 4.98 Å². The van der Waals surface area contributed by atoms with E-state index in [9.17, 15) is 4.79 Å². The summed E-state index contributed by atoms with van der Waals surface area (Å²) in [7, 11) is 0. The SMILES string of the molecule is CCOc1ccc(-c2nc(CC(=O)NCCCO)cs2)cc1. The zero-order valence-corrected chi connectivity index (χ0v) is 13.4. The largest absolute Gasteiger partial charge is 0.494 e. The molecule has 0 saturated heterocycles. The fraction of sp³-hybridized carbons (Fsp3) is 0.375. The van der Waals surface area contributed by atoms with Gasteiger partial charge in [0, 0.05) is 24.1 Å². The lowest BCUT2D eigenvalue weighted by molar-refractivity contribution is -0.120. The van der Waals surface area contributed by atoms with Crippen LogP contribution in [0.25, 0.3) is 10.6 Å². The van der Waals surface area contributed by atoms with E-state index in [1.54, 1.807) is 0 Å². The highest BCUT2D eigenvalue weighted by Gasteiger charge is 2.09. The third-order valence-corrected chi connectivity index (χ3v) is 3.90. The number of hydrogen-bond acceptors (Lipinski definition) is 5. The quantitative estimate of drug-likeness (QED) is 0.732. The summed E-state index contributed by atoms with van der Waals surface area (Å²) >= 11 is 1.52. The van der Waals surface area contributed by atoms with Crippen LogP contribution in [0, 0.1) is 0 Å². The predicted octanol–water partition coefficient (Wildman–Crippen LogP) is 2.25. The summed E-state index contributed by atoms with van der Waals surface area (Å²) in [6, 6.07) is 7.77. The molecule has 118 valence electrons. The van der Waals surface area contributed by atoms with Crippen molar-refractivity contribution in [3.63, 3.8) is 0 Å². The summed E-state index contributed by atoms with van der Waals surface area (Å²) in [6.45, 7) is 3.17. The van der Waals surface area contributed by atoms with Gasteiger partial charge in [0.1, 0.15) is 10.8 Å². The van der Waals surface area contributed by atoms with Crippen LogP contribution < -0.4 is 10.1 Å². The van der Waals surface area contributed by atoms with Gasteiger partial charge in [-0.15, -0.1) is 11.3 Å². The molecule has 0 atom stereocenters. The van der Waals surface area contributed by atoms with Gasteiger partial charge in [0.05, 0.1) is 18.7 Å². The van der Waals surface area contributed by atoms with Gasteiger partial charge in [-0.3, -0.25) is 4.79 Å². The number of nitrogens with one attached hydrogen (secondary N) is 1. The number of carbonyl (C=O) groups excluding carboxylic acids is 1. The van der Waals surface area contributed by atoms with Crippen molar-refractivity contribution in [2.45, 2.75) is 19.8 Å². The second kappa shape index (κ2) is 8.51. The predicted molar refractivity (Wildman–Crippen MR) is 87.1 cm³/mol. The van der Waals surface area contributed by atoms with Gasteiger partial charge in [0.15, 0.2) is 0 Å². The Hall–Kier alpha value is -1.92. The van der Waals surface area contributed by atoms with Gasteiger partial charge in [0.2, 0.25) is 5.91 Å². The summed E-state index contributed by atoms with van der Waals surface area (Å²) < 4.78 is 5.41. The number of amides is 1. The lowest BCUT2D eigenvalue weighted by Gasteiger charge is -2.03. The van der Waals surface area contributed by atoms with E-state index < -0.39 is 0 Å². The Balaban J connectivity index is 1.94. The van der Waals surface area contributed by atoms with Crippen molar-refractivity contribution in [2.24, 2.45) is 0 Å². The van der Waals surface area contributed by atoms with Gasteiger partial charge < -0.3 is 15.2 Å². The van der Waals surface area contributed by atoms with Crippen molar-refractivity contribution in [1.29, 1.82) is 0 Å². The van der Waals surface area contributed by atoms with Gasteiger partial charge in [0.25, 0.3) is 0 Å². The van der Waals surface area contributed by atoms with Crippen LogP contribution in [0.5, 0.6) is 5.75 Å². The first kappa shape index (κ1) is 16.5. The summed E-state index contributed by atoms with van der Waals surface area (Å²) in [5.41, 5.74) is 1.77. The number of hydrogen-bond donors (Lipinski definition) is 2. The monoisotopic (exact) mass is 320 g/mol. The van der Waals surface area contributed by atoms with Crippen molar-refractivity contribution < 1.29 is 14.6 Å². The lowest BCUT2D eigenvalue weighted by Crippen LogP contribution is -2.26. The van der Waals surface area contributed by atoms with Crippen LogP contribution in [0.2, 0.25) is 0 Å². The molecular weight excluding hydrogens is 300 g/mol. The maximum absolute atomic E-state index is 11.7. The van der Waals surface area contributed by atoms with Crippen molar-refractivity contribution in [1.82, 2.24) is 10.3 Å². The molecule has 1 aromatic heterocycles. The van der Waals surface area contributed by atoms with Crippen LogP contribution in [0.1, 0.15) is 19.0 Å². The molecule has 0 bridgehead atoms. The van der Waals surface area contributed by atoms with Crippen LogP contribution in [0.15, 0.2) is 29.6 Å². The molecular formula is C16H20N2O3S. The smallest absolute Gasteiger partial charge is 0.226 e. The van der Waals surface area contributed by atoms with Crippen LogP contribution >= 0.6 is 11.3 Å². The Morgan fingerprint density at radius 1 is 1.36 bits per heavy atom. The molecule has 22 heavy (non-hydrogen) atoms. The Labute approximate surface area is 134 Å². The van der Waals surface area contributed by atoms with Crippen LogP contribution in [0.3, 0.4) is 0 Å². The fourth-order valence-corrected chi connectivity index (χ4v) is 2.74. The summed E-state index contributed by atoms with van der Waals surface area (Å²) in [5, 5.41) is 14.2. The summed E-state index contributed by atoms with van der Waals surface area (Å²) in [4.78, 5) is 16.2. The van der Waals surface area contributed by atoms with Gasteiger partial charge in [-0.2, -0.15) is 0 Å². The molecule has 1 aromatic carbocycles. The highest BCUT2D eigenvalue weighted by Crippen LogP contribution is 2.25. The van der Waals surface area contributed by atoms with Crippen molar-refractivity contribution in [3.8, 4) is 16.3 Å². The number of rotatable bonds is 8. The van der Waals surface area contributed by atoms with E-state index in [0.717, 1.165) is 22.0 Å². The fourth-order valence-electron chi connectivity index (χ4n) is 1.92. The molecule has 0 aliphatic heterocycles. The normalized spacial score (nSPS) is 10.5. The molecule has 2 N–H and O–H groups in total. The Kier molecular flexibility index (Phi) is 6.36. The highest BCUT2D eigenvalue weighted by atomic mass is 32.1. The number of aliphatic hydroxyl groups is 1. The van der Waals surface area contributed by atoms with Gasteiger partial charge >= 0.3 is 0 Å². The van der Waals surface area contributed by atoms with Crippen molar-refractivity contribution >= 4 is 17.2 Å². The minimum Gasteiger partial charge on any atom is -0.494 e. The van der Waals surface area contributed by atoms with Crippen molar-refractivity contribution in [2.75, 3.05) is 19.8 Å². The highest BCUT2D eigenvalue weighted by molar-refractivity contribution is 7.13. The molecule has 0 aliphatic carbocycles. The van der Waals surface area contributed by atoms with Crippen molar-refractivity contribution in [3.05, 3.63) is 35.3 Å². The van der Waals surface area contributed by atoms with Crippen LogP contribution in [0.4, 0.5) is 0 Å². The van der Waals surface area contributed by atoms with E-state index in [0.29, 0.717) is 19.6 Å². The average Bonchev–Trinajstić information content (AvgIpc) is 2.97. The van der Waals surface area contributed by atoms with Gasteiger partial charge in [-0.1, -0.05) is 0 Å². The zero-order chi connectivity index (χ0) is 15.8. The van der Waals surface area contributed by atoms with E-state index in [-0.39, 0.29) is 18.9 Å². The molecule has 0 fully saturated rings. The topological polar surface area (TPSA) is 71.5 Å². The maximum atomic E-state index is 11.7. The average molecular weight is 320 g/mol. The van der Waals surface area contributed by atoms with E-state index in [2.05, 4.69) is 10.3 Å². The summed E-state index contributed by atoms with van der Waals surface area (Å²) in [6.07, 6.45) is 0.833. The molecule has 0 unspecified atom stereocenters. The number of thiazole rings is 1. The van der Waals surface area contributed by atoms with Crippen LogP contribution in [-0.2, 0) is 11.2 Å². The number of carbonyl (C=O) groups is 1. The summed E-state index contributed by atoms with van der Waals surface area (Å²) in [5.74, 6) is 0.767. The second-order valence-electron chi connectivity index (χ2n) is 4.71. The standard InChI is InChI=1S/C16H20N2O3S/c1-2-21-14-6-4-12(5-7-14)16-18-13(11-22-16)10-15(20)17-8-3-9-19/h4-7,11,19H,2-3,8-10H2,1H3,(H,17,20). The number of aromatic nitrogens is 1. The number of nitrogens with zero attached hydrogens (tertiary/aromatic N) is 1. The van der Waals surface area contributed by atoms with E-state index in [4.69, 9.17) is 9.84 Å². The minimum atomic E-state index is -0.0722. The first-order valence-corrected chi connectivity index (χ1v) is 8.16. The minimum absolute atomic E-state index is 0.0722. The molecule has 0 radical (unpaired) electrons. The molecule has 1 heterocycles. The maximum Gasteiger partial charge on any atom is 0.226 e. The third kappa shape index (κ3) is 4.82. The van der Waals surface area contributed by atoms with Gasteiger partial charge in [-0.05, 0) is 37.6 Å². The van der Waals surface area contributed by atoms with Crippen LogP contribution in [-0.4, -0.2) is 35.8 Å². The van der Waals surface area contributed by atoms with E-state index in [1.807, 2.05) is 36.6 Å². The second-order valence-corrected chi connectivity index (χ2v) is 5.56. The molecule has 2 rings (SSSR count). The number of benzene rings is 1. The molecule has 0 saturated carbocycles. The molecule has 5 nitrogen and oxygen atoms in total. The van der Waals surface area contributed by atoms with E-state index >= 15 is 0 Å². The van der Waals surface area contributed by atoms with E-state index in [1.165, 1.54) is 11.3 Å². The molecule has 2 aromatic rings.